The second-order valence-electron chi connectivity index (χ2n) is 5.64. The molecular formula is C13H24N2O. The van der Waals surface area contributed by atoms with Crippen molar-refractivity contribution in [3.63, 3.8) is 0 Å². The van der Waals surface area contributed by atoms with E-state index in [1.165, 1.54) is 12.8 Å². The van der Waals surface area contributed by atoms with Crippen LogP contribution in [0.5, 0.6) is 0 Å². The van der Waals surface area contributed by atoms with E-state index < -0.39 is 0 Å². The molecule has 92 valence electrons. The van der Waals surface area contributed by atoms with E-state index in [9.17, 15) is 4.79 Å². The lowest BCUT2D eigenvalue weighted by molar-refractivity contribution is -0.133. The summed E-state index contributed by atoms with van der Waals surface area (Å²) in [4.78, 5) is 14.4. The van der Waals surface area contributed by atoms with Gasteiger partial charge in [0.05, 0.1) is 12.2 Å². The van der Waals surface area contributed by atoms with Gasteiger partial charge in [0.1, 0.15) is 0 Å². The molecule has 3 unspecified atom stereocenters. The van der Waals surface area contributed by atoms with Crippen molar-refractivity contribution in [1.82, 2.24) is 10.2 Å². The summed E-state index contributed by atoms with van der Waals surface area (Å²) in [5.74, 6) is 1.56. The molecule has 16 heavy (non-hydrogen) atoms. The monoisotopic (exact) mass is 224 g/mol. The molecule has 2 aliphatic rings. The first-order chi connectivity index (χ1) is 7.56. The van der Waals surface area contributed by atoms with Gasteiger partial charge in [0.2, 0.25) is 5.91 Å². The molecular weight excluding hydrogens is 200 g/mol. The summed E-state index contributed by atoms with van der Waals surface area (Å²) in [6.07, 6.45) is 3.74. The predicted octanol–water partition coefficient (Wildman–Crippen LogP) is 1.98. The van der Waals surface area contributed by atoms with Gasteiger partial charge in [0, 0.05) is 6.04 Å². The Labute approximate surface area is 98.6 Å². The summed E-state index contributed by atoms with van der Waals surface area (Å²) in [7, 11) is 0. The van der Waals surface area contributed by atoms with Crippen LogP contribution >= 0.6 is 0 Å². The van der Waals surface area contributed by atoms with Crippen LogP contribution in [-0.2, 0) is 4.79 Å². The van der Waals surface area contributed by atoms with Crippen LogP contribution in [0, 0.1) is 11.8 Å². The van der Waals surface area contributed by atoms with Crippen molar-refractivity contribution in [2.24, 2.45) is 11.8 Å². The Morgan fingerprint density at radius 1 is 1.38 bits per heavy atom. The molecule has 0 aromatic carbocycles. The highest BCUT2D eigenvalue weighted by Gasteiger charge is 2.45. The zero-order valence-corrected chi connectivity index (χ0v) is 10.9. The lowest BCUT2D eigenvalue weighted by atomic mass is 10.1. The third-order valence-corrected chi connectivity index (χ3v) is 4.01. The average molecular weight is 224 g/mol. The highest BCUT2D eigenvalue weighted by Crippen LogP contribution is 2.37. The van der Waals surface area contributed by atoms with Gasteiger partial charge >= 0.3 is 0 Å². The van der Waals surface area contributed by atoms with E-state index in [0.29, 0.717) is 17.9 Å². The molecule has 2 fully saturated rings. The molecule has 2 rings (SSSR count). The molecule has 1 aliphatic heterocycles. The van der Waals surface area contributed by atoms with Crippen molar-refractivity contribution in [1.29, 1.82) is 0 Å². The van der Waals surface area contributed by atoms with Crippen molar-refractivity contribution in [3.05, 3.63) is 0 Å². The van der Waals surface area contributed by atoms with Crippen molar-refractivity contribution in [3.8, 4) is 0 Å². The Bertz CT molecular complexity index is 273. The molecule has 0 aromatic rings. The van der Waals surface area contributed by atoms with E-state index in [2.05, 4.69) is 37.9 Å². The van der Waals surface area contributed by atoms with Crippen molar-refractivity contribution < 1.29 is 4.79 Å². The van der Waals surface area contributed by atoms with Gasteiger partial charge < -0.3 is 4.90 Å². The third-order valence-electron chi connectivity index (χ3n) is 4.01. The molecule has 0 bridgehead atoms. The lowest BCUT2D eigenvalue weighted by Gasteiger charge is -2.32. The summed E-state index contributed by atoms with van der Waals surface area (Å²) in [6, 6.07) is 0.470. The SMILES string of the molecule is CCC1NC(C(C)C)N(C(C)C2CC2)C1=O. The zero-order chi connectivity index (χ0) is 11.9. The molecule has 1 N–H and O–H groups in total. The Morgan fingerprint density at radius 2 is 2.00 bits per heavy atom. The van der Waals surface area contributed by atoms with E-state index in [-0.39, 0.29) is 12.2 Å². The number of hydrogen-bond acceptors (Lipinski definition) is 2. The fraction of sp³-hybridized carbons (Fsp3) is 0.923. The molecule has 1 heterocycles. The normalized spacial score (nSPS) is 32.6. The maximum Gasteiger partial charge on any atom is 0.241 e. The number of nitrogens with one attached hydrogen (secondary N) is 1. The standard InChI is InChI=1S/C13H24N2O/c1-5-11-13(16)15(9(4)10-6-7-10)12(14-11)8(2)3/h8-12,14H,5-7H2,1-4H3. The Balaban J connectivity index is 2.14. The van der Waals surface area contributed by atoms with E-state index >= 15 is 0 Å². The van der Waals surface area contributed by atoms with E-state index in [1.54, 1.807) is 0 Å². The van der Waals surface area contributed by atoms with Crippen molar-refractivity contribution in [2.45, 2.75) is 65.2 Å². The van der Waals surface area contributed by atoms with E-state index in [1.807, 2.05) is 0 Å². The fourth-order valence-electron chi connectivity index (χ4n) is 2.74. The van der Waals surface area contributed by atoms with Gasteiger partial charge in [0.15, 0.2) is 0 Å². The summed E-state index contributed by atoms with van der Waals surface area (Å²) in [5, 5.41) is 3.48. The second-order valence-corrected chi connectivity index (χ2v) is 5.64. The van der Waals surface area contributed by atoms with Gasteiger partial charge in [-0.15, -0.1) is 0 Å². The van der Waals surface area contributed by atoms with Crippen LogP contribution in [0.4, 0.5) is 0 Å². The van der Waals surface area contributed by atoms with Crippen molar-refractivity contribution >= 4 is 5.91 Å². The minimum atomic E-state index is 0.0496. The summed E-state index contributed by atoms with van der Waals surface area (Å²) in [6.45, 7) is 8.67. The smallest absolute Gasteiger partial charge is 0.241 e. The Hall–Kier alpha value is -0.570. The molecule has 1 aliphatic carbocycles. The van der Waals surface area contributed by atoms with Crippen LogP contribution in [0.25, 0.3) is 0 Å². The molecule has 1 amide bonds. The van der Waals surface area contributed by atoms with Gasteiger partial charge in [-0.1, -0.05) is 20.8 Å². The van der Waals surface area contributed by atoms with Gasteiger partial charge in [-0.2, -0.15) is 0 Å². The number of hydrogen-bond donors (Lipinski definition) is 1. The van der Waals surface area contributed by atoms with Crippen LogP contribution in [0.3, 0.4) is 0 Å². The molecule has 3 nitrogen and oxygen atoms in total. The average Bonchev–Trinajstić information content (AvgIpc) is 3.01. The van der Waals surface area contributed by atoms with Crippen LogP contribution < -0.4 is 5.32 Å². The number of carbonyl (C=O) groups is 1. The van der Waals surface area contributed by atoms with Gasteiger partial charge in [0.25, 0.3) is 0 Å². The summed E-state index contributed by atoms with van der Waals surface area (Å²) >= 11 is 0. The van der Waals surface area contributed by atoms with Gasteiger partial charge in [-0.05, 0) is 38.0 Å². The molecule has 3 atom stereocenters. The maximum absolute atomic E-state index is 12.3. The minimum absolute atomic E-state index is 0.0496. The van der Waals surface area contributed by atoms with Gasteiger partial charge in [-0.3, -0.25) is 10.1 Å². The quantitative estimate of drug-likeness (QED) is 0.792. The first kappa shape index (κ1) is 11.9. The van der Waals surface area contributed by atoms with Crippen LogP contribution in [-0.4, -0.2) is 29.1 Å². The number of rotatable bonds is 4. The predicted molar refractivity (Wildman–Crippen MR) is 64.9 cm³/mol. The Kier molecular flexibility index (Phi) is 3.24. The van der Waals surface area contributed by atoms with Crippen molar-refractivity contribution in [2.75, 3.05) is 0 Å². The fourth-order valence-corrected chi connectivity index (χ4v) is 2.74. The molecule has 3 heteroatoms. The van der Waals surface area contributed by atoms with Crippen LogP contribution in [0.2, 0.25) is 0 Å². The largest absolute Gasteiger partial charge is 0.323 e. The molecule has 0 aromatic heterocycles. The van der Waals surface area contributed by atoms with Crippen LogP contribution in [0.1, 0.15) is 47.0 Å². The summed E-state index contributed by atoms with van der Waals surface area (Å²) in [5.41, 5.74) is 0. The molecule has 1 saturated heterocycles. The maximum atomic E-state index is 12.3. The highest BCUT2D eigenvalue weighted by molar-refractivity contribution is 5.84. The molecule has 0 radical (unpaired) electrons. The minimum Gasteiger partial charge on any atom is -0.323 e. The third kappa shape index (κ3) is 1.97. The zero-order valence-electron chi connectivity index (χ0n) is 10.9. The van der Waals surface area contributed by atoms with E-state index in [0.717, 1.165) is 12.3 Å². The highest BCUT2D eigenvalue weighted by atomic mass is 16.2. The molecule has 0 spiro atoms. The number of amides is 1. The first-order valence-corrected chi connectivity index (χ1v) is 6.64. The topological polar surface area (TPSA) is 32.3 Å². The second kappa shape index (κ2) is 4.36. The first-order valence-electron chi connectivity index (χ1n) is 6.64. The summed E-state index contributed by atoms with van der Waals surface area (Å²) < 4.78 is 0. The Morgan fingerprint density at radius 3 is 2.44 bits per heavy atom. The number of carbonyl (C=O) groups excluding carboxylic acids is 1. The lowest BCUT2D eigenvalue weighted by Crippen LogP contribution is -2.47. The number of nitrogens with zero attached hydrogens (tertiary/aromatic N) is 1. The van der Waals surface area contributed by atoms with Crippen LogP contribution in [0.15, 0.2) is 0 Å². The van der Waals surface area contributed by atoms with E-state index in [4.69, 9.17) is 0 Å². The molecule has 1 saturated carbocycles. The van der Waals surface area contributed by atoms with Gasteiger partial charge in [-0.25, -0.2) is 0 Å².